The molecule has 2 aromatic carbocycles. The molecule has 1 aliphatic heterocycles. The minimum Gasteiger partial charge on any atom is -0.497 e. The Labute approximate surface area is 214 Å². The van der Waals surface area contributed by atoms with Gasteiger partial charge < -0.3 is 19.1 Å². The number of rotatable bonds is 9. The Morgan fingerprint density at radius 2 is 1.80 bits per heavy atom. The molecule has 1 unspecified atom stereocenters. The molecule has 8 nitrogen and oxygen atoms in total. The van der Waals surface area contributed by atoms with Crippen LogP contribution in [0, 0.1) is 0 Å². The summed E-state index contributed by atoms with van der Waals surface area (Å²) in [6.07, 6.45) is 0.396. The molecule has 2 amide bonds. The van der Waals surface area contributed by atoms with E-state index in [-0.39, 0.29) is 29.1 Å². The van der Waals surface area contributed by atoms with Gasteiger partial charge in [0.15, 0.2) is 5.75 Å². The highest BCUT2D eigenvalue weighted by atomic mass is 35.5. The van der Waals surface area contributed by atoms with Gasteiger partial charge in [-0.05, 0) is 49.6 Å². The number of likely N-dealkylation sites (tertiary alicyclic amines) is 1. The molecular weight excluding hydrogens is 495 g/mol. The highest BCUT2D eigenvalue weighted by molar-refractivity contribution is 6.32. The summed E-state index contributed by atoms with van der Waals surface area (Å²) < 4.78 is 15.4. The van der Waals surface area contributed by atoms with Gasteiger partial charge in [-0.3, -0.25) is 14.5 Å². The van der Waals surface area contributed by atoms with Crippen molar-refractivity contribution in [1.82, 2.24) is 9.80 Å². The number of benzene rings is 2. The van der Waals surface area contributed by atoms with Gasteiger partial charge in [-0.2, -0.15) is 0 Å². The first-order valence-electron chi connectivity index (χ1n) is 11.1. The van der Waals surface area contributed by atoms with Gasteiger partial charge in [0.05, 0.1) is 19.2 Å². The second kappa shape index (κ2) is 11.6. The zero-order valence-electron chi connectivity index (χ0n) is 19.9. The molecule has 1 aliphatic rings. The average molecular weight is 523 g/mol. The van der Waals surface area contributed by atoms with E-state index < -0.39 is 11.6 Å². The third-order valence-corrected chi connectivity index (χ3v) is 6.61. The summed E-state index contributed by atoms with van der Waals surface area (Å²) in [5, 5.41) is 0.841. The monoisotopic (exact) mass is 522 g/mol. The molecule has 2 aromatic rings. The molecule has 35 heavy (non-hydrogen) atoms. The van der Waals surface area contributed by atoms with E-state index >= 15 is 0 Å². The molecule has 1 saturated heterocycles. The van der Waals surface area contributed by atoms with Crippen LogP contribution in [0.15, 0.2) is 42.5 Å². The first-order valence-corrected chi connectivity index (χ1v) is 11.9. The molecule has 1 fully saturated rings. The maximum atomic E-state index is 13.7. The maximum absolute atomic E-state index is 13.7. The highest BCUT2D eigenvalue weighted by Gasteiger charge is 2.52. The molecular formula is C25H28Cl2N2O6. The predicted octanol–water partition coefficient (Wildman–Crippen LogP) is 4.95. The quantitative estimate of drug-likeness (QED) is 0.433. The fourth-order valence-corrected chi connectivity index (χ4v) is 4.11. The predicted molar refractivity (Wildman–Crippen MR) is 132 cm³/mol. The van der Waals surface area contributed by atoms with Gasteiger partial charge in [0, 0.05) is 37.1 Å². The van der Waals surface area contributed by atoms with Gasteiger partial charge in [0.25, 0.3) is 0 Å². The number of esters is 1. The van der Waals surface area contributed by atoms with Crippen LogP contribution in [0.5, 0.6) is 11.5 Å². The lowest BCUT2D eigenvalue weighted by molar-refractivity contribution is -0.151. The summed E-state index contributed by atoms with van der Waals surface area (Å²) in [4.78, 5) is 41.3. The van der Waals surface area contributed by atoms with Crippen molar-refractivity contribution in [2.75, 3.05) is 27.3 Å². The second-order valence-electron chi connectivity index (χ2n) is 8.37. The lowest BCUT2D eigenvalue weighted by atomic mass is 9.85. The largest absolute Gasteiger partial charge is 0.497 e. The van der Waals surface area contributed by atoms with Crippen LogP contribution in [0.1, 0.15) is 31.7 Å². The summed E-state index contributed by atoms with van der Waals surface area (Å²) in [6.45, 7) is 2.69. The molecule has 188 valence electrons. The van der Waals surface area contributed by atoms with Crippen LogP contribution < -0.4 is 9.47 Å². The van der Waals surface area contributed by atoms with Crippen molar-refractivity contribution in [2.24, 2.45) is 0 Å². The molecule has 3 rings (SSSR count). The van der Waals surface area contributed by atoms with Crippen molar-refractivity contribution < 1.29 is 28.6 Å². The smallest absolute Gasteiger partial charge is 0.416 e. The lowest BCUT2D eigenvalue weighted by Gasteiger charge is -2.49. The summed E-state index contributed by atoms with van der Waals surface area (Å²) in [5.41, 5.74) is -0.221. The number of ether oxygens (including phenoxy) is 3. The molecule has 0 aliphatic carbocycles. The van der Waals surface area contributed by atoms with Crippen molar-refractivity contribution in [2.45, 2.75) is 38.3 Å². The summed E-state index contributed by atoms with van der Waals surface area (Å²) >= 11 is 12.2. The van der Waals surface area contributed by atoms with Crippen LogP contribution in [0.4, 0.5) is 4.79 Å². The molecule has 0 N–H and O–H groups in total. The van der Waals surface area contributed by atoms with E-state index in [1.807, 2.05) is 12.1 Å². The van der Waals surface area contributed by atoms with E-state index in [9.17, 15) is 14.4 Å². The minimum atomic E-state index is -1.10. The van der Waals surface area contributed by atoms with Gasteiger partial charge in [0.2, 0.25) is 5.91 Å². The van der Waals surface area contributed by atoms with Gasteiger partial charge in [-0.25, -0.2) is 4.79 Å². The Morgan fingerprint density at radius 1 is 1.09 bits per heavy atom. The fourth-order valence-electron chi connectivity index (χ4n) is 3.83. The molecule has 0 spiro atoms. The number of halogens is 2. The fraction of sp³-hybridized carbons (Fsp3) is 0.400. The van der Waals surface area contributed by atoms with Crippen molar-refractivity contribution in [1.29, 1.82) is 0 Å². The summed E-state index contributed by atoms with van der Waals surface area (Å²) in [6, 6.07) is 11.9. The van der Waals surface area contributed by atoms with Crippen molar-refractivity contribution in [3.05, 3.63) is 58.1 Å². The van der Waals surface area contributed by atoms with E-state index in [2.05, 4.69) is 0 Å². The molecule has 0 aromatic heterocycles. The maximum Gasteiger partial charge on any atom is 0.416 e. The first kappa shape index (κ1) is 26.6. The number of carbonyl (C=O) groups excluding carboxylic acids is 3. The standard InChI is InChI=1S/C25H28Cl2N2O6/c1-25(12-14-29(25)24(32)35-21-15-19(33-2)10-11-20(21)27)23(31)28(13-4-5-22(30)34-3)16-17-6-8-18(26)9-7-17/h6-11,15H,4-5,12-14,16H2,1-3H3. The number of methoxy groups -OCH3 is 2. The average Bonchev–Trinajstić information content (AvgIpc) is 2.84. The molecule has 1 heterocycles. The Hall–Kier alpha value is -2.97. The molecule has 0 radical (unpaired) electrons. The number of hydrogen-bond donors (Lipinski definition) is 0. The zero-order chi connectivity index (χ0) is 25.6. The Bertz CT molecular complexity index is 1080. The Morgan fingerprint density at radius 3 is 2.40 bits per heavy atom. The zero-order valence-corrected chi connectivity index (χ0v) is 21.4. The minimum absolute atomic E-state index is 0.147. The van der Waals surface area contributed by atoms with Crippen LogP contribution >= 0.6 is 23.2 Å². The van der Waals surface area contributed by atoms with Gasteiger partial charge in [0.1, 0.15) is 11.3 Å². The summed E-state index contributed by atoms with van der Waals surface area (Å²) in [5.74, 6) is 0.0459. The lowest BCUT2D eigenvalue weighted by Crippen LogP contribution is -2.68. The highest BCUT2D eigenvalue weighted by Crippen LogP contribution is 2.36. The Kier molecular flexibility index (Phi) is 8.86. The number of nitrogens with zero attached hydrogens (tertiary/aromatic N) is 2. The SMILES string of the molecule is COC(=O)CCCN(Cc1ccc(Cl)cc1)C(=O)C1(C)CCN1C(=O)Oc1cc(OC)ccc1Cl. The van der Waals surface area contributed by atoms with E-state index in [1.54, 1.807) is 36.1 Å². The van der Waals surface area contributed by atoms with E-state index in [1.165, 1.54) is 25.2 Å². The van der Waals surface area contributed by atoms with Crippen LogP contribution in [-0.4, -0.2) is 60.6 Å². The van der Waals surface area contributed by atoms with E-state index in [0.29, 0.717) is 43.2 Å². The Balaban J connectivity index is 1.76. The van der Waals surface area contributed by atoms with E-state index in [0.717, 1.165) is 5.56 Å². The second-order valence-corrected chi connectivity index (χ2v) is 9.22. The van der Waals surface area contributed by atoms with Crippen LogP contribution in [0.3, 0.4) is 0 Å². The normalized spacial score (nSPS) is 16.8. The van der Waals surface area contributed by atoms with Gasteiger partial charge >= 0.3 is 12.1 Å². The van der Waals surface area contributed by atoms with Gasteiger partial charge in [-0.1, -0.05) is 35.3 Å². The number of hydrogen-bond acceptors (Lipinski definition) is 6. The summed E-state index contributed by atoms with van der Waals surface area (Å²) in [7, 11) is 2.82. The topological polar surface area (TPSA) is 85.4 Å². The van der Waals surface area contributed by atoms with E-state index in [4.69, 9.17) is 37.4 Å². The first-order chi connectivity index (χ1) is 16.7. The third-order valence-electron chi connectivity index (χ3n) is 6.05. The molecule has 0 bridgehead atoms. The van der Waals surface area contributed by atoms with Crippen LogP contribution in [0.2, 0.25) is 10.0 Å². The van der Waals surface area contributed by atoms with Crippen LogP contribution in [0.25, 0.3) is 0 Å². The van der Waals surface area contributed by atoms with Crippen molar-refractivity contribution in [3.63, 3.8) is 0 Å². The van der Waals surface area contributed by atoms with Crippen LogP contribution in [-0.2, 0) is 20.9 Å². The number of carbonyl (C=O) groups is 3. The van der Waals surface area contributed by atoms with Crippen molar-refractivity contribution in [3.8, 4) is 11.5 Å². The molecule has 1 atom stereocenters. The number of amides is 2. The molecule has 10 heteroatoms. The van der Waals surface area contributed by atoms with Crippen molar-refractivity contribution >= 4 is 41.2 Å². The molecule has 0 saturated carbocycles. The third kappa shape index (κ3) is 6.38. The van der Waals surface area contributed by atoms with Gasteiger partial charge in [-0.15, -0.1) is 0 Å².